The smallest absolute Gasteiger partial charge is 0.208 e. The summed E-state index contributed by atoms with van der Waals surface area (Å²) in [4.78, 5) is 0. The molecule has 0 amide bonds. The van der Waals surface area contributed by atoms with Crippen LogP contribution < -0.4 is 4.72 Å². The van der Waals surface area contributed by atoms with Crippen LogP contribution in [0.25, 0.3) is 11.0 Å². The molecule has 0 radical (unpaired) electrons. The van der Waals surface area contributed by atoms with E-state index in [4.69, 9.17) is 9.15 Å². The second-order valence-electron chi connectivity index (χ2n) is 4.03. The number of sulfonamides is 1. The van der Waals surface area contributed by atoms with Crippen molar-refractivity contribution in [2.45, 2.75) is 6.10 Å². The highest BCUT2D eigenvalue weighted by atomic mass is 32.2. The Kier molecular flexibility index (Phi) is 3.70. The number of benzene rings is 1. The molecule has 6 heteroatoms. The van der Waals surface area contributed by atoms with Gasteiger partial charge in [-0.3, -0.25) is 0 Å². The van der Waals surface area contributed by atoms with Gasteiger partial charge in [-0.2, -0.15) is 0 Å². The van der Waals surface area contributed by atoms with E-state index in [1.54, 1.807) is 0 Å². The zero-order valence-corrected chi connectivity index (χ0v) is 11.0. The largest absolute Gasteiger partial charge is 0.458 e. The van der Waals surface area contributed by atoms with E-state index in [0.29, 0.717) is 5.76 Å². The summed E-state index contributed by atoms with van der Waals surface area (Å²) in [7, 11) is -1.72. The first-order chi connectivity index (χ1) is 8.49. The summed E-state index contributed by atoms with van der Waals surface area (Å²) in [5.74, 6) is 0.606. The minimum atomic E-state index is -3.24. The van der Waals surface area contributed by atoms with Crippen LogP contribution in [0.3, 0.4) is 0 Å². The molecule has 0 aliphatic carbocycles. The van der Waals surface area contributed by atoms with E-state index >= 15 is 0 Å². The fraction of sp³-hybridized carbons (Fsp3) is 0.333. The normalized spacial score (nSPS) is 13.9. The molecule has 0 aliphatic rings. The number of para-hydroxylation sites is 1. The minimum Gasteiger partial charge on any atom is -0.458 e. The highest BCUT2D eigenvalue weighted by molar-refractivity contribution is 7.88. The Morgan fingerprint density at radius 1 is 1.39 bits per heavy atom. The molecule has 18 heavy (non-hydrogen) atoms. The summed E-state index contributed by atoms with van der Waals surface area (Å²) in [5.41, 5.74) is 0.758. The first kappa shape index (κ1) is 13.1. The van der Waals surface area contributed by atoms with E-state index in [0.717, 1.165) is 17.2 Å². The lowest BCUT2D eigenvalue weighted by Gasteiger charge is -2.12. The van der Waals surface area contributed by atoms with Crippen LogP contribution in [0.1, 0.15) is 11.9 Å². The summed E-state index contributed by atoms with van der Waals surface area (Å²) in [6, 6.07) is 9.44. The van der Waals surface area contributed by atoms with Gasteiger partial charge in [0, 0.05) is 19.0 Å². The maximum Gasteiger partial charge on any atom is 0.208 e. The Morgan fingerprint density at radius 2 is 2.11 bits per heavy atom. The van der Waals surface area contributed by atoms with Crippen molar-refractivity contribution >= 4 is 21.0 Å². The predicted octanol–water partition coefficient (Wildman–Crippen LogP) is 1.67. The predicted molar refractivity (Wildman–Crippen MR) is 68.8 cm³/mol. The molecule has 0 unspecified atom stereocenters. The molecule has 2 rings (SSSR count). The summed E-state index contributed by atoms with van der Waals surface area (Å²) < 4.78 is 35.4. The molecule has 98 valence electrons. The maximum atomic E-state index is 11.1. The second kappa shape index (κ2) is 5.09. The number of hydrogen-bond acceptors (Lipinski definition) is 4. The van der Waals surface area contributed by atoms with Crippen LogP contribution in [0.2, 0.25) is 0 Å². The van der Waals surface area contributed by atoms with Crippen LogP contribution in [0.15, 0.2) is 34.7 Å². The number of methoxy groups -OCH3 is 1. The van der Waals surface area contributed by atoms with Gasteiger partial charge in [0.15, 0.2) is 0 Å². The number of hydrogen-bond donors (Lipinski definition) is 1. The third kappa shape index (κ3) is 3.10. The molecule has 0 saturated heterocycles. The van der Waals surface area contributed by atoms with Gasteiger partial charge >= 0.3 is 0 Å². The highest BCUT2D eigenvalue weighted by Crippen LogP contribution is 2.25. The Hall–Kier alpha value is -1.37. The molecule has 5 nitrogen and oxygen atoms in total. The van der Waals surface area contributed by atoms with Crippen molar-refractivity contribution in [1.29, 1.82) is 0 Å². The molecule has 0 spiro atoms. The molecule has 1 aromatic carbocycles. The average Bonchev–Trinajstić information content (AvgIpc) is 2.71. The van der Waals surface area contributed by atoms with E-state index in [1.165, 1.54) is 7.11 Å². The van der Waals surface area contributed by atoms with Crippen molar-refractivity contribution in [3.8, 4) is 0 Å². The standard InChI is InChI=1S/C12H15NO4S/c1-16-12(8-13-18(2,14)15)11-7-9-5-3-4-6-10(9)17-11/h3-7,12-13H,8H2,1-2H3/t12-/m1/s1. The lowest BCUT2D eigenvalue weighted by molar-refractivity contribution is 0.0894. The van der Waals surface area contributed by atoms with Crippen molar-refractivity contribution in [2.75, 3.05) is 19.9 Å². The van der Waals surface area contributed by atoms with Gasteiger partial charge in [0.05, 0.1) is 6.26 Å². The number of ether oxygens (including phenoxy) is 1. The fourth-order valence-electron chi connectivity index (χ4n) is 1.69. The number of rotatable bonds is 5. The molecule has 1 N–H and O–H groups in total. The van der Waals surface area contributed by atoms with Gasteiger partial charge in [-0.15, -0.1) is 0 Å². The SMILES string of the molecule is CO[C@H](CNS(C)(=O)=O)c1cc2ccccc2o1. The van der Waals surface area contributed by atoms with Crippen LogP contribution in [0.5, 0.6) is 0 Å². The van der Waals surface area contributed by atoms with Crippen LogP contribution in [-0.2, 0) is 14.8 Å². The topological polar surface area (TPSA) is 68.5 Å². The van der Waals surface area contributed by atoms with Gasteiger partial charge in [-0.05, 0) is 12.1 Å². The molecular weight excluding hydrogens is 254 g/mol. The quantitative estimate of drug-likeness (QED) is 0.896. The zero-order valence-electron chi connectivity index (χ0n) is 10.2. The average molecular weight is 269 g/mol. The molecule has 0 fully saturated rings. The Bertz CT molecular complexity index is 599. The zero-order chi connectivity index (χ0) is 13.2. The first-order valence-electron chi connectivity index (χ1n) is 5.45. The Balaban J connectivity index is 2.21. The van der Waals surface area contributed by atoms with E-state index in [1.807, 2.05) is 30.3 Å². The molecule has 1 atom stereocenters. The van der Waals surface area contributed by atoms with Gasteiger partial charge in [-0.25, -0.2) is 13.1 Å². The molecule has 0 bridgehead atoms. The van der Waals surface area contributed by atoms with E-state index in [-0.39, 0.29) is 6.54 Å². The Morgan fingerprint density at radius 3 is 2.72 bits per heavy atom. The van der Waals surface area contributed by atoms with Crippen molar-refractivity contribution in [1.82, 2.24) is 4.72 Å². The van der Waals surface area contributed by atoms with Crippen molar-refractivity contribution < 1.29 is 17.6 Å². The maximum absolute atomic E-state index is 11.1. The van der Waals surface area contributed by atoms with Crippen LogP contribution in [-0.4, -0.2) is 28.3 Å². The van der Waals surface area contributed by atoms with E-state index < -0.39 is 16.1 Å². The van der Waals surface area contributed by atoms with Gasteiger partial charge in [0.25, 0.3) is 0 Å². The first-order valence-corrected chi connectivity index (χ1v) is 7.34. The summed E-state index contributed by atoms with van der Waals surface area (Å²) in [6.07, 6.45) is 0.672. The number of furan rings is 1. The van der Waals surface area contributed by atoms with Crippen LogP contribution in [0, 0.1) is 0 Å². The van der Waals surface area contributed by atoms with Crippen LogP contribution >= 0.6 is 0 Å². The van der Waals surface area contributed by atoms with Gasteiger partial charge in [-0.1, -0.05) is 18.2 Å². The summed E-state index contributed by atoms with van der Waals surface area (Å²) >= 11 is 0. The molecule has 1 aromatic heterocycles. The monoisotopic (exact) mass is 269 g/mol. The van der Waals surface area contributed by atoms with Crippen LogP contribution in [0.4, 0.5) is 0 Å². The lowest BCUT2D eigenvalue weighted by Crippen LogP contribution is -2.27. The van der Waals surface area contributed by atoms with Crippen molar-refractivity contribution in [3.05, 3.63) is 36.1 Å². The molecule has 0 aliphatic heterocycles. The third-order valence-electron chi connectivity index (χ3n) is 2.58. The number of fused-ring (bicyclic) bond motifs is 1. The highest BCUT2D eigenvalue weighted by Gasteiger charge is 2.17. The number of nitrogens with one attached hydrogen (secondary N) is 1. The third-order valence-corrected chi connectivity index (χ3v) is 3.27. The fourth-order valence-corrected chi connectivity index (χ4v) is 2.14. The minimum absolute atomic E-state index is 0.148. The van der Waals surface area contributed by atoms with Gasteiger partial charge < -0.3 is 9.15 Å². The summed E-state index contributed by atoms with van der Waals surface area (Å²) in [6.45, 7) is 0.148. The van der Waals surface area contributed by atoms with Gasteiger partial charge in [0.1, 0.15) is 17.4 Å². The Labute approximate surface area is 106 Å². The lowest BCUT2D eigenvalue weighted by atomic mass is 10.2. The van der Waals surface area contributed by atoms with E-state index in [2.05, 4.69) is 4.72 Å². The van der Waals surface area contributed by atoms with E-state index in [9.17, 15) is 8.42 Å². The van der Waals surface area contributed by atoms with Crippen molar-refractivity contribution in [3.63, 3.8) is 0 Å². The molecular formula is C12H15NO4S. The second-order valence-corrected chi connectivity index (χ2v) is 5.86. The molecule has 0 saturated carbocycles. The van der Waals surface area contributed by atoms with Crippen molar-refractivity contribution in [2.24, 2.45) is 0 Å². The van der Waals surface area contributed by atoms with Gasteiger partial charge in [0.2, 0.25) is 10.0 Å². The summed E-state index contributed by atoms with van der Waals surface area (Å²) in [5, 5.41) is 0.967. The molecule has 2 aromatic rings. The molecule has 1 heterocycles.